The Morgan fingerprint density at radius 2 is 1.88 bits per heavy atom. The minimum absolute atomic E-state index is 0.529. The number of nitrogens with zero attached hydrogens (tertiary/aromatic N) is 1. The summed E-state index contributed by atoms with van der Waals surface area (Å²) in [7, 11) is 2.08. The Morgan fingerprint density at radius 1 is 1.19 bits per heavy atom. The third kappa shape index (κ3) is 2.98. The first-order valence-corrected chi connectivity index (χ1v) is 7.12. The molecule has 0 aromatic rings. The van der Waals surface area contributed by atoms with Gasteiger partial charge in [-0.25, -0.2) is 0 Å². The van der Waals surface area contributed by atoms with E-state index in [4.69, 9.17) is 0 Å². The van der Waals surface area contributed by atoms with Crippen molar-refractivity contribution in [2.75, 3.05) is 26.7 Å². The van der Waals surface area contributed by atoms with E-state index in [1.165, 1.54) is 64.6 Å². The van der Waals surface area contributed by atoms with E-state index in [1.807, 2.05) is 0 Å². The lowest BCUT2D eigenvalue weighted by Gasteiger charge is -2.29. The summed E-state index contributed by atoms with van der Waals surface area (Å²) in [5.41, 5.74) is 0.529. The SMILES string of the molecule is CNCC1(C)CCN(C2CCCCCC2)C1. The van der Waals surface area contributed by atoms with Crippen LogP contribution < -0.4 is 5.32 Å². The first-order chi connectivity index (χ1) is 7.73. The maximum absolute atomic E-state index is 3.36. The Morgan fingerprint density at radius 3 is 2.50 bits per heavy atom. The zero-order chi connectivity index (χ0) is 11.4. The fourth-order valence-corrected chi connectivity index (χ4v) is 3.57. The quantitative estimate of drug-likeness (QED) is 0.741. The molecule has 94 valence electrons. The van der Waals surface area contributed by atoms with Gasteiger partial charge in [-0.3, -0.25) is 4.90 Å². The van der Waals surface area contributed by atoms with Gasteiger partial charge in [0.15, 0.2) is 0 Å². The molecule has 1 saturated carbocycles. The van der Waals surface area contributed by atoms with Crippen molar-refractivity contribution >= 4 is 0 Å². The maximum Gasteiger partial charge on any atom is 0.00955 e. The summed E-state index contributed by atoms with van der Waals surface area (Å²) in [5.74, 6) is 0. The van der Waals surface area contributed by atoms with Crippen LogP contribution >= 0.6 is 0 Å². The van der Waals surface area contributed by atoms with Crippen LogP contribution in [0.3, 0.4) is 0 Å². The van der Waals surface area contributed by atoms with Crippen molar-refractivity contribution in [3.05, 3.63) is 0 Å². The molecule has 1 heterocycles. The summed E-state index contributed by atoms with van der Waals surface area (Å²) in [6.45, 7) is 6.28. The van der Waals surface area contributed by atoms with Crippen molar-refractivity contribution in [3.8, 4) is 0 Å². The van der Waals surface area contributed by atoms with E-state index in [1.54, 1.807) is 0 Å². The molecule has 0 bridgehead atoms. The summed E-state index contributed by atoms with van der Waals surface area (Å²) in [6.07, 6.45) is 10.2. The average Bonchev–Trinajstić information content (AvgIpc) is 2.52. The second-order valence-electron chi connectivity index (χ2n) is 6.21. The van der Waals surface area contributed by atoms with Gasteiger partial charge in [-0.05, 0) is 38.3 Å². The third-order valence-electron chi connectivity index (χ3n) is 4.53. The molecule has 2 heteroatoms. The van der Waals surface area contributed by atoms with Crippen LogP contribution in [-0.2, 0) is 0 Å². The maximum atomic E-state index is 3.36. The number of hydrogen-bond acceptors (Lipinski definition) is 2. The lowest BCUT2D eigenvalue weighted by molar-refractivity contribution is 0.192. The summed E-state index contributed by atoms with van der Waals surface area (Å²) < 4.78 is 0. The second kappa shape index (κ2) is 5.50. The summed E-state index contributed by atoms with van der Waals surface area (Å²) in [6, 6.07) is 0.904. The molecule has 1 aliphatic carbocycles. The predicted molar refractivity (Wildman–Crippen MR) is 69.7 cm³/mol. The number of likely N-dealkylation sites (tertiary alicyclic amines) is 1. The molecule has 0 spiro atoms. The molecule has 0 aromatic carbocycles. The first kappa shape index (κ1) is 12.4. The predicted octanol–water partition coefficient (Wildman–Crippen LogP) is 2.64. The van der Waals surface area contributed by atoms with E-state index in [0.717, 1.165) is 6.04 Å². The zero-order valence-corrected chi connectivity index (χ0v) is 11.1. The van der Waals surface area contributed by atoms with Crippen LogP contribution in [0.5, 0.6) is 0 Å². The van der Waals surface area contributed by atoms with Gasteiger partial charge in [0.2, 0.25) is 0 Å². The van der Waals surface area contributed by atoms with Crippen molar-refractivity contribution in [3.63, 3.8) is 0 Å². The van der Waals surface area contributed by atoms with Crippen LogP contribution in [0.25, 0.3) is 0 Å². The molecule has 2 nitrogen and oxygen atoms in total. The van der Waals surface area contributed by atoms with E-state index >= 15 is 0 Å². The van der Waals surface area contributed by atoms with Gasteiger partial charge in [0.1, 0.15) is 0 Å². The lowest BCUT2D eigenvalue weighted by Crippen LogP contribution is -2.37. The molecule has 2 fully saturated rings. The molecule has 0 amide bonds. The van der Waals surface area contributed by atoms with Crippen LogP contribution in [0.1, 0.15) is 51.9 Å². The fraction of sp³-hybridized carbons (Fsp3) is 1.00. The van der Waals surface area contributed by atoms with Crippen LogP contribution in [0.4, 0.5) is 0 Å². The van der Waals surface area contributed by atoms with Crippen molar-refractivity contribution in [2.45, 2.75) is 57.9 Å². The Balaban J connectivity index is 1.86. The third-order valence-corrected chi connectivity index (χ3v) is 4.53. The first-order valence-electron chi connectivity index (χ1n) is 7.12. The van der Waals surface area contributed by atoms with Gasteiger partial charge in [0, 0.05) is 19.1 Å². The molecule has 2 aliphatic rings. The molecule has 1 unspecified atom stereocenters. The topological polar surface area (TPSA) is 15.3 Å². The molecule has 0 radical (unpaired) electrons. The number of rotatable bonds is 3. The highest BCUT2D eigenvalue weighted by atomic mass is 15.2. The van der Waals surface area contributed by atoms with Gasteiger partial charge in [-0.15, -0.1) is 0 Å². The molecule has 2 rings (SSSR count). The summed E-state index contributed by atoms with van der Waals surface area (Å²) >= 11 is 0. The standard InChI is InChI=1S/C14H28N2/c1-14(11-15-2)9-10-16(12-14)13-7-5-3-4-6-8-13/h13,15H,3-12H2,1-2H3. The monoisotopic (exact) mass is 224 g/mol. The minimum atomic E-state index is 0.529. The molecule has 16 heavy (non-hydrogen) atoms. The van der Waals surface area contributed by atoms with Gasteiger partial charge in [-0.2, -0.15) is 0 Å². The van der Waals surface area contributed by atoms with Crippen LogP contribution in [0.2, 0.25) is 0 Å². The fourth-order valence-electron chi connectivity index (χ4n) is 3.57. The lowest BCUT2D eigenvalue weighted by atomic mass is 9.90. The van der Waals surface area contributed by atoms with Crippen molar-refractivity contribution in [1.29, 1.82) is 0 Å². The Hall–Kier alpha value is -0.0800. The summed E-state index contributed by atoms with van der Waals surface area (Å²) in [4.78, 5) is 2.78. The van der Waals surface area contributed by atoms with Crippen molar-refractivity contribution in [1.82, 2.24) is 10.2 Å². The minimum Gasteiger partial charge on any atom is -0.319 e. The normalized spacial score (nSPS) is 34.1. The van der Waals surface area contributed by atoms with Crippen LogP contribution in [0, 0.1) is 5.41 Å². The molecule has 1 N–H and O–H groups in total. The highest BCUT2D eigenvalue weighted by Crippen LogP contribution is 2.33. The molecular weight excluding hydrogens is 196 g/mol. The van der Waals surface area contributed by atoms with E-state index in [9.17, 15) is 0 Å². The largest absolute Gasteiger partial charge is 0.319 e. The molecule has 1 aliphatic heterocycles. The molecule has 1 saturated heterocycles. The van der Waals surface area contributed by atoms with E-state index in [-0.39, 0.29) is 0 Å². The van der Waals surface area contributed by atoms with Crippen molar-refractivity contribution < 1.29 is 0 Å². The van der Waals surface area contributed by atoms with Crippen molar-refractivity contribution in [2.24, 2.45) is 5.41 Å². The smallest absolute Gasteiger partial charge is 0.00955 e. The van der Waals surface area contributed by atoms with Gasteiger partial charge in [0.25, 0.3) is 0 Å². The van der Waals surface area contributed by atoms with Gasteiger partial charge in [0.05, 0.1) is 0 Å². The molecule has 0 aromatic heterocycles. The molecule has 1 atom stereocenters. The number of nitrogens with one attached hydrogen (secondary N) is 1. The Kier molecular flexibility index (Phi) is 4.26. The second-order valence-corrected chi connectivity index (χ2v) is 6.21. The Bertz CT molecular complexity index is 209. The molecular formula is C14H28N2. The zero-order valence-electron chi connectivity index (χ0n) is 11.1. The van der Waals surface area contributed by atoms with Gasteiger partial charge < -0.3 is 5.32 Å². The Labute approximate surface area is 101 Å². The highest BCUT2D eigenvalue weighted by molar-refractivity contribution is 4.91. The van der Waals surface area contributed by atoms with Crippen LogP contribution in [0.15, 0.2) is 0 Å². The highest BCUT2D eigenvalue weighted by Gasteiger charge is 2.36. The van der Waals surface area contributed by atoms with Gasteiger partial charge in [-0.1, -0.05) is 32.6 Å². The average molecular weight is 224 g/mol. The summed E-state index contributed by atoms with van der Waals surface area (Å²) in [5, 5.41) is 3.36. The number of hydrogen-bond donors (Lipinski definition) is 1. The van der Waals surface area contributed by atoms with E-state index in [0.29, 0.717) is 5.41 Å². The van der Waals surface area contributed by atoms with Gasteiger partial charge >= 0.3 is 0 Å². The van der Waals surface area contributed by atoms with E-state index < -0.39 is 0 Å². The van der Waals surface area contributed by atoms with E-state index in [2.05, 4.69) is 24.2 Å². The van der Waals surface area contributed by atoms with Crippen LogP contribution in [-0.4, -0.2) is 37.6 Å².